The van der Waals surface area contributed by atoms with Crippen molar-refractivity contribution in [3.8, 4) is 44.8 Å². The molecule has 0 saturated carbocycles. The summed E-state index contributed by atoms with van der Waals surface area (Å²) in [5, 5.41) is 39.4. The Hall–Kier alpha value is -9.16. The van der Waals surface area contributed by atoms with Gasteiger partial charge in [-0.2, -0.15) is 13.2 Å². The van der Waals surface area contributed by atoms with E-state index in [4.69, 9.17) is 15.0 Å². The van der Waals surface area contributed by atoms with Gasteiger partial charge in [-0.25, -0.2) is 40.3 Å². The van der Waals surface area contributed by atoms with Gasteiger partial charge in [0.25, 0.3) is 0 Å². The number of anilines is 4. The molecule has 0 amide bonds. The summed E-state index contributed by atoms with van der Waals surface area (Å²) in [5.41, 5.74) is 5.94. The van der Waals surface area contributed by atoms with Crippen molar-refractivity contribution in [2.24, 2.45) is 5.14 Å². The molecule has 0 aliphatic carbocycles. The average Bonchev–Trinajstić information content (AvgIpc) is 3.53. The molecular formula is C56H45F5N10O6S2. The number of benzene rings is 6. The largest absolute Gasteiger partial charge is 0.490 e. The number of carbonyl (C=O) groups is 1. The maximum absolute atomic E-state index is 13.9. The van der Waals surface area contributed by atoms with Crippen LogP contribution in [-0.2, 0) is 24.8 Å². The number of sulfonamides is 2. The number of alkyl halides is 3. The van der Waals surface area contributed by atoms with E-state index in [1.165, 1.54) is 48.9 Å². The van der Waals surface area contributed by atoms with E-state index >= 15 is 0 Å². The zero-order valence-corrected chi connectivity index (χ0v) is 43.4. The quantitative estimate of drug-likeness (QED) is 0.0757. The lowest BCUT2D eigenvalue weighted by atomic mass is 9.96. The number of hydrogen-bond acceptors (Lipinski definition) is 13. The molecule has 0 saturated heterocycles. The van der Waals surface area contributed by atoms with Gasteiger partial charge in [0.15, 0.2) is 11.6 Å². The lowest BCUT2D eigenvalue weighted by Crippen LogP contribution is -2.40. The van der Waals surface area contributed by atoms with Crippen LogP contribution in [-0.4, -0.2) is 70.0 Å². The van der Waals surface area contributed by atoms with Gasteiger partial charge < -0.3 is 15.7 Å². The zero-order valence-electron chi connectivity index (χ0n) is 41.8. The van der Waals surface area contributed by atoms with Crippen LogP contribution in [0.4, 0.5) is 45.0 Å². The number of fused-ring (bicyclic) bond motifs is 2. The van der Waals surface area contributed by atoms with Gasteiger partial charge in [-0.3, -0.25) is 9.97 Å². The van der Waals surface area contributed by atoms with Crippen molar-refractivity contribution in [3.63, 3.8) is 0 Å². The smallest absolute Gasteiger partial charge is 0.475 e. The van der Waals surface area contributed by atoms with E-state index < -0.39 is 37.7 Å². The van der Waals surface area contributed by atoms with Crippen molar-refractivity contribution in [3.05, 3.63) is 194 Å². The fraction of sp³-hybridized carbons (Fsp3) is 0.0893. The average molecular weight is 1110 g/mol. The van der Waals surface area contributed by atoms with E-state index in [1.807, 2.05) is 97.1 Å². The van der Waals surface area contributed by atoms with Gasteiger partial charge in [-0.15, -0.1) is 20.4 Å². The van der Waals surface area contributed by atoms with Gasteiger partial charge in [-0.05, 0) is 91.6 Å². The fourth-order valence-electron chi connectivity index (χ4n) is 8.00. The van der Waals surface area contributed by atoms with Crippen molar-refractivity contribution >= 4 is 70.6 Å². The van der Waals surface area contributed by atoms with Crippen molar-refractivity contribution in [2.45, 2.75) is 42.3 Å². The van der Waals surface area contributed by atoms with E-state index in [2.05, 4.69) is 45.7 Å². The van der Waals surface area contributed by atoms with Gasteiger partial charge >= 0.3 is 12.1 Å². The molecule has 0 fully saturated rings. The molecule has 0 spiro atoms. The molecule has 16 nitrogen and oxygen atoms in total. The first-order valence-electron chi connectivity index (χ1n) is 23.5. The number of carboxylic acid groups (broad SMARTS) is 1. The Morgan fingerprint density at radius 2 is 0.924 bits per heavy atom. The van der Waals surface area contributed by atoms with Crippen LogP contribution in [0.15, 0.2) is 192 Å². The molecule has 0 bridgehead atoms. The topological polar surface area (TPSA) is 245 Å². The number of hydrogen-bond donors (Lipinski definition) is 5. The molecule has 0 aliphatic rings. The Labute approximate surface area is 449 Å². The Kier molecular flexibility index (Phi) is 16.5. The third kappa shape index (κ3) is 13.9. The van der Waals surface area contributed by atoms with Crippen molar-refractivity contribution in [1.29, 1.82) is 0 Å². The third-order valence-corrected chi connectivity index (χ3v) is 13.9. The number of nitrogens with zero attached hydrogens (tertiary/aromatic N) is 6. The highest BCUT2D eigenvalue weighted by molar-refractivity contribution is 7.89. The Morgan fingerprint density at radius 3 is 1.32 bits per heavy atom. The minimum Gasteiger partial charge on any atom is -0.475 e. The van der Waals surface area contributed by atoms with Crippen LogP contribution in [0.3, 0.4) is 0 Å². The first-order chi connectivity index (χ1) is 37.4. The van der Waals surface area contributed by atoms with Crippen LogP contribution in [0.25, 0.3) is 66.3 Å². The first-order valence-corrected chi connectivity index (χ1v) is 26.5. The zero-order chi connectivity index (χ0) is 56.7. The highest BCUT2D eigenvalue weighted by Crippen LogP contribution is 2.40. The summed E-state index contributed by atoms with van der Waals surface area (Å²) < 4.78 is 112. The Morgan fingerprint density at radius 1 is 0.519 bits per heavy atom. The number of halogens is 5. The third-order valence-electron chi connectivity index (χ3n) is 11.3. The molecule has 10 rings (SSSR count). The molecule has 23 heteroatoms. The maximum Gasteiger partial charge on any atom is 0.490 e. The molecule has 0 radical (unpaired) electrons. The van der Waals surface area contributed by atoms with E-state index in [-0.39, 0.29) is 21.4 Å². The van der Waals surface area contributed by atoms with Crippen LogP contribution in [0, 0.1) is 11.6 Å². The summed E-state index contributed by atoms with van der Waals surface area (Å²) >= 11 is 0. The Balaban J connectivity index is 0.000000187. The molecule has 10 aromatic rings. The summed E-state index contributed by atoms with van der Waals surface area (Å²) in [4.78, 5) is 17.0. The number of aliphatic carboxylic acids is 1. The molecule has 79 heavy (non-hydrogen) atoms. The van der Waals surface area contributed by atoms with Crippen molar-refractivity contribution < 1.29 is 48.7 Å². The van der Waals surface area contributed by atoms with E-state index in [1.54, 1.807) is 57.3 Å². The molecule has 4 heterocycles. The van der Waals surface area contributed by atoms with E-state index in [9.17, 15) is 38.8 Å². The predicted octanol–water partition coefficient (Wildman–Crippen LogP) is 11.8. The van der Waals surface area contributed by atoms with Crippen LogP contribution in [0.1, 0.15) is 20.8 Å². The van der Waals surface area contributed by atoms with Crippen LogP contribution in [0.2, 0.25) is 0 Å². The summed E-state index contributed by atoms with van der Waals surface area (Å²) in [7, 11) is -7.76. The molecule has 4 aromatic heterocycles. The SMILES string of the molecule is CC(C)(C)NS(=O)(=O)c1cncc(-c2nnc(Nc3cccc(F)c3)c3c(-c4ccccc4)cccc23)c1.NS(=O)(=O)c1cncc(-c2nnc(Nc3cccc(F)c3)c3c(-c4ccccc4)cccc23)c1.O=C(O)C(F)(F)F. The number of rotatable bonds is 11. The molecule has 0 unspecified atom stereocenters. The molecule has 6 aromatic carbocycles. The summed E-state index contributed by atoms with van der Waals surface area (Å²) in [6, 6.07) is 46.2. The second-order valence-corrected chi connectivity index (χ2v) is 21.5. The van der Waals surface area contributed by atoms with Crippen molar-refractivity contribution in [2.75, 3.05) is 10.6 Å². The normalized spacial score (nSPS) is 11.7. The van der Waals surface area contributed by atoms with Gasteiger partial charge in [0.2, 0.25) is 20.0 Å². The monoisotopic (exact) mass is 1110 g/mol. The second kappa shape index (κ2) is 23.2. The summed E-state index contributed by atoms with van der Waals surface area (Å²) in [5.74, 6) is -2.64. The van der Waals surface area contributed by atoms with Gasteiger partial charge in [0.05, 0.1) is 0 Å². The number of nitrogens with two attached hydrogens (primary N) is 1. The number of nitrogens with one attached hydrogen (secondary N) is 3. The number of aromatic nitrogens is 6. The highest BCUT2D eigenvalue weighted by Gasteiger charge is 2.38. The summed E-state index contributed by atoms with van der Waals surface area (Å²) in [6.07, 6.45) is 0.480. The number of pyridine rings is 2. The van der Waals surface area contributed by atoms with Gasteiger partial charge in [0, 0.05) is 74.4 Å². The standard InChI is InChI=1S/C29H26FN5O2S.C25H18FN5O2S.C2HF3O2/c1-29(2,3)35-38(36,37)23-15-20(17-31-18-23)27-25-14-8-13-24(19-9-5-4-6-10-19)26(25)28(34-33-27)32-22-12-7-11-21(30)16-22;26-18-8-4-9-19(13-18)29-25-23-21(16-6-2-1-3-7-16)10-5-11-22(23)24(30-31-25)17-12-20(15-28-14-17)34(27,32)33;3-2(4,5)1(6)7/h4-18,35H,1-3H3,(H,32,34);1-15H,(H,29,31)(H2,27,32,33);(H,6,7). The predicted molar refractivity (Wildman–Crippen MR) is 291 cm³/mol. The molecular weight excluding hydrogens is 1070 g/mol. The fourth-order valence-corrected chi connectivity index (χ4v) is 9.91. The molecule has 0 aliphatic heterocycles. The lowest BCUT2D eigenvalue weighted by molar-refractivity contribution is -0.192. The highest BCUT2D eigenvalue weighted by atomic mass is 32.2. The Bertz CT molecular complexity index is 4100. The van der Waals surface area contributed by atoms with Gasteiger partial charge in [-0.1, -0.05) is 109 Å². The first kappa shape index (κ1) is 56.1. The lowest BCUT2D eigenvalue weighted by Gasteiger charge is -2.20. The minimum atomic E-state index is -5.08. The summed E-state index contributed by atoms with van der Waals surface area (Å²) in [6.45, 7) is 5.32. The molecule has 6 N–H and O–H groups in total. The van der Waals surface area contributed by atoms with Gasteiger partial charge in [0.1, 0.15) is 32.8 Å². The van der Waals surface area contributed by atoms with E-state index in [0.29, 0.717) is 50.9 Å². The van der Waals surface area contributed by atoms with Crippen LogP contribution in [0.5, 0.6) is 0 Å². The van der Waals surface area contributed by atoms with Crippen molar-refractivity contribution in [1.82, 2.24) is 35.1 Å². The second-order valence-electron chi connectivity index (χ2n) is 18.3. The van der Waals surface area contributed by atoms with Crippen LogP contribution >= 0.6 is 0 Å². The number of carboxylic acids is 1. The van der Waals surface area contributed by atoms with E-state index in [0.717, 1.165) is 38.4 Å². The molecule has 0 atom stereocenters. The maximum atomic E-state index is 13.9. The molecule has 402 valence electrons. The van der Waals surface area contributed by atoms with Crippen LogP contribution < -0.4 is 20.5 Å². The minimum absolute atomic E-state index is 0.0288. The number of primary sulfonamides is 1.